The Bertz CT molecular complexity index is 810. The number of nitrogens with zero attached hydrogens (tertiary/aromatic N) is 2. The van der Waals surface area contributed by atoms with Crippen LogP contribution in [0.3, 0.4) is 0 Å². The van der Waals surface area contributed by atoms with Gasteiger partial charge in [0.15, 0.2) is 0 Å². The van der Waals surface area contributed by atoms with Crippen molar-refractivity contribution in [2.45, 2.75) is 27.3 Å². The molecule has 0 bridgehead atoms. The molecule has 0 aliphatic carbocycles. The standard InChI is InChI=1S/C19H23N3O3/c1-4-22-10-6-9-17(19(22)24)18(23)21-20-12-15-7-5-8-16(11-15)25-13-14(2)3/h5-12,14H,4,13H2,1-3H3,(H,21,23)/b20-12-. The predicted octanol–water partition coefficient (Wildman–Crippen LogP) is 2.67. The third-order valence-corrected chi connectivity index (χ3v) is 3.43. The average molecular weight is 341 g/mol. The lowest BCUT2D eigenvalue weighted by Crippen LogP contribution is -2.30. The maximum atomic E-state index is 12.1. The van der Waals surface area contributed by atoms with Gasteiger partial charge in [-0.05, 0) is 42.7 Å². The molecule has 0 aliphatic rings. The van der Waals surface area contributed by atoms with Crippen LogP contribution < -0.4 is 15.7 Å². The molecule has 0 saturated heterocycles. The molecule has 1 N–H and O–H groups in total. The van der Waals surface area contributed by atoms with Gasteiger partial charge in [0, 0.05) is 12.7 Å². The lowest BCUT2D eigenvalue weighted by atomic mass is 10.2. The SMILES string of the molecule is CCn1cccc(C(=O)N/N=C\c2cccc(OCC(C)C)c2)c1=O. The summed E-state index contributed by atoms with van der Waals surface area (Å²) in [6.07, 6.45) is 3.16. The average Bonchev–Trinajstić information content (AvgIpc) is 2.60. The fraction of sp³-hybridized carbons (Fsp3) is 0.316. The van der Waals surface area contributed by atoms with Gasteiger partial charge in [0.25, 0.3) is 11.5 Å². The molecule has 6 heteroatoms. The molecule has 0 spiro atoms. The Labute approximate surface area is 147 Å². The van der Waals surface area contributed by atoms with E-state index in [1.807, 2.05) is 31.2 Å². The molecule has 0 radical (unpaired) electrons. The highest BCUT2D eigenvalue weighted by molar-refractivity contribution is 5.94. The number of rotatable bonds is 7. The number of hydrogen-bond acceptors (Lipinski definition) is 4. The Morgan fingerprint density at radius 1 is 1.32 bits per heavy atom. The zero-order valence-corrected chi connectivity index (χ0v) is 14.7. The van der Waals surface area contributed by atoms with E-state index in [2.05, 4.69) is 24.4 Å². The molecule has 132 valence electrons. The fourth-order valence-corrected chi connectivity index (χ4v) is 2.13. The van der Waals surface area contributed by atoms with Crippen molar-refractivity contribution < 1.29 is 9.53 Å². The molecular weight excluding hydrogens is 318 g/mol. The van der Waals surface area contributed by atoms with E-state index in [4.69, 9.17) is 4.74 Å². The second-order valence-corrected chi connectivity index (χ2v) is 5.99. The number of ether oxygens (including phenoxy) is 1. The summed E-state index contributed by atoms with van der Waals surface area (Å²) in [5.41, 5.74) is 2.91. The molecule has 1 aromatic carbocycles. The molecule has 1 heterocycles. The molecule has 0 fully saturated rings. The van der Waals surface area contributed by atoms with Crippen molar-refractivity contribution in [1.82, 2.24) is 9.99 Å². The smallest absolute Gasteiger partial charge is 0.276 e. The maximum Gasteiger partial charge on any atom is 0.276 e. The summed E-state index contributed by atoms with van der Waals surface area (Å²) in [7, 11) is 0. The molecule has 1 aromatic heterocycles. The summed E-state index contributed by atoms with van der Waals surface area (Å²) in [6, 6.07) is 10.6. The Hall–Kier alpha value is -2.89. The first kappa shape index (κ1) is 18.4. The van der Waals surface area contributed by atoms with Crippen LogP contribution in [-0.4, -0.2) is 23.3 Å². The number of amides is 1. The number of aryl methyl sites for hydroxylation is 1. The molecule has 6 nitrogen and oxygen atoms in total. The summed E-state index contributed by atoms with van der Waals surface area (Å²) in [5, 5.41) is 3.92. The molecule has 0 saturated carbocycles. The Kier molecular flexibility index (Phi) is 6.51. The first-order valence-electron chi connectivity index (χ1n) is 8.27. The van der Waals surface area contributed by atoms with Crippen molar-refractivity contribution in [2.24, 2.45) is 11.0 Å². The van der Waals surface area contributed by atoms with Gasteiger partial charge in [-0.25, -0.2) is 5.43 Å². The number of nitrogens with one attached hydrogen (secondary N) is 1. The van der Waals surface area contributed by atoms with Crippen LogP contribution in [0.25, 0.3) is 0 Å². The number of benzene rings is 1. The van der Waals surface area contributed by atoms with E-state index in [9.17, 15) is 9.59 Å². The van der Waals surface area contributed by atoms with Crippen molar-refractivity contribution >= 4 is 12.1 Å². The minimum Gasteiger partial charge on any atom is -0.493 e. The molecule has 0 aliphatic heterocycles. The maximum absolute atomic E-state index is 12.1. The van der Waals surface area contributed by atoms with E-state index >= 15 is 0 Å². The normalized spacial score (nSPS) is 11.0. The second kappa shape index (κ2) is 8.82. The molecule has 25 heavy (non-hydrogen) atoms. The van der Waals surface area contributed by atoms with E-state index in [-0.39, 0.29) is 11.1 Å². The van der Waals surface area contributed by atoms with Gasteiger partial charge in [-0.15, -0.1) is 0 Å². The Morgan fingerprint density at radius 2 is 2.12 bits per heavy atom. The summed E-state index contributed by atoms with van der Waals surface area (Å²) >= 11 is 0. The van der Waals surface area contributed by atoms with Crippen molar-refractivity contribution in [2.75, 3.05) is 6.61 Å². The number of hydrogen-bond donors (Lipinski definition) is 1. The number of pyridine rings is 1. The third-order valence-electron chi connectivity index (χ3n) is 3.43. The van der Waals surface area contributed by atoms with E-state index in [0.717, 1.165) is 11.3 Å². The minimum atomic E-state index is -0.531. The zero-order chi connectivity index (χ0) is 18.2. The summed E-state index contributed by atoms with van der Waals surface area (Å²) in [6.45, 7) is 7.14. The topological polar surface area (TPSA) is 72.7 Å². The van der Waals surface area contributed by atoms with Crippen LogP contribution in [0.2, 0.25) is 0 Å². The molecule has 2 rings (SSSR count). The van der Waals surface area contributed by atoms with Gasteiger partial charge in [-0.2, -0.15) is 5.10 Å². The van der Waals surface area contributed by atoms with Crippen LogP contribution in [0.5, 0.6) is 5.75 Å². The Morgan fingerprint density at radius 3 is 2.84 bits per heavy atom. The first-order valence-corrected chi connectivity index (χ1v) is 8.27. The van der Waals surface area contributed by atoms with Crippen LogP contribution in [-0.2, 0) is 6.54 Å². The van der Waals surface area contributed by atoms with Crippen LogP contribution in [0.4, 0.5) is 0 Å². The number of aromatic nitrogens is 1. The lowest BCUT2D eigenvalue weighted by molar-refractivity contribution is 0.0953. The highest BCUT2D eigenvalue weighted by Crippen LogP contribution is 2.13. The number of carbonyl (C=O) groups is 1. The predicted molar refractivity (Wildman–Crippen MR) is 98.2 cm³/mol. The molecule has 1 amide bonds. The van der Waals surface area contributed by atoms with Crippen LogP contribution in [0.15, 0.2) is 52.5 Å². The van der Waals surface area contributed by atoms with Gasteiger partial charge in [-0.3, -0.25) is 9.59 Å². The molecule has 0 unspecified atom stereocenters. The van der Waals surface area contributed by atoms with Crippen molar-refractivity contribution in [3.63, 3.8) is 0 Å². The number of carbonyl (C=O) groups excluding carboxylic acids is 1. The molecule has 0 atom stereocenters. The summed E-state index contributed by atoms with van der Waals surface area (Å²) in [4.78, 5) is 24.2. The van der Waals surface area contributed by atoms with Crippen LogP contribution in [0, 0.1) is 5.92 Å². The minimum absolute atomic E-state index is 0.0653. The fourth-order valence-electron chi connectivity index (χ4n) is 2.13. The first-order chi connectivity index (χ1) is 12.0. The van der Waals surface area contributed by atoms with Gasteiger partial charge < -0.3 is 9.30 Å². The Balaban J connectivity index is 2.02. The second-order valence-electron chi connectivity index (χ2n) is 5.99. The van der Waals surface area contributed by atoms with Gasteiger partial charge in [0.2, 0.25) is 0 Å². The van der Waals surface area contributed by atoms with E-state index in [1.54, 1.807) is 12.3 Å². The highest BCUT2D eigenvalue weighted by atomic mass is 16.5. The van der Waals surface area contributed by atoms with Crippen molar-refractivity contribution in [3.8, 4) is 5.75 Å². The quantitative estimate of drug-likeness (QED) is 0.621. The van der Waals surface area contributed by atoms with Gasteiger partial charge in [0.1, 0.15) is 11.3 Å². The van der Waals surface area contributed by atoms with Gasteiger partial charge in [-0.1, -0.05) is 26.0 Å². The van der Waals surface area contributed by atoms with Crippen LogP contribution >= 0.6 is 0 Å². The van der Waals surface area contributed by atoms with Crippen LogP contribution in [0.1, 0.15) is 36.7 Å². The van der Waals surface area contributed by atoms with Crippen molar-refractivity contribution in [3.05, 3.63) is 64.1 Å². The van der Waals surface area contributed by atoms with Crippen molar-refractivity contribution in [1.29, 1.82) is 0 Å². The van der Waals surface area contributed by atoms with E-state index < -0.39 is 5.91 Å². The molecular formula is C19H23N3O3. The van der Waals surface area contributed by atoms with Gasteiger partial charge in [0.05, 0.1) is 12.8 Å². The largest absolute Gasteiger partial charge is 0.493 e. The summed E-state index contributed by atoms with van der Waals surface area (Å²) < 4.78 is 7.12. The summed E-state index contributed by atoms with van der Waals surface area (Å²) in [5.74, 6) is 0.656. The lowest BCUT2D eigenvalue weighted by Gasteiger charge is -2.08. The van der Waals surface area contributed by atoms with Gasteiger partial charge >= 0.3 is 0 Å². The van der Waals surface area contributed by atoms with E-state index in [1.165, 1.54) is 16.8 Å². The zero-order valence-electron chi connectivity index (χ0n) is 14.7. The monoisotopic (exact) mass is 341 g/mol. The molecule has 2 aromatic rings. The third kappa shape index (κ3) is 5.31. The number of hydrazone groups is 1. The van der Waals surface area contributed by atoms with E-state index in [0.29, 0.717) is 19.1 Å². The highest BCUT2D eigenvalue weighted by Gasteiger charge is 2.10.